The molecule has 1 aromatic heterocycles. The number of benzene rings is 1. The Balaban J connectivity index is 2.46. The highest BCUT2D eigenvalue weighted by atomic mass is 16.5. The molecule has 0 aliphatic heterocycles. The fourth-order valence-corrected chi connectivity index (χ4v) is 1.76. The number of hydrogen-bond donors (Lipinski definition) is 0. The number of ether oxygens (including phenoxy) is 3. The Kier molecular flexibility index (Phi) is 4.22. The summed E-state index contributed by atoms with van der Waals surface area (Å²) in [4.78, 5) is 23.3. The summed E-state index contributed by atoms with van der Waals surface area (Å²) in [6.45, 7) is 0. The number of carbonyl (C=O) groups excluding carboxylic acids is 2. The minimum Gasteiger partial charge on any atom is -0.497 e. The second kappa shape index (κ2) is 6.08. The normalized spacial score (nSPS) is 10.0. The molecule has 0 saturated carbocycles. The van der Waals surface area contributed by atoms with Crippen LogP contribution in [0.15, 0.2) is 30.3 Å². The van der Waals surface area contributed by atoms with Gasteiger partial charge in [0, 0.05) is 5.56 Å². The summed E-state index contributed by atoms with van der Waals surface area (Å²) >= 11 is 0. The molecule has 0 aliphatic rings. The van der Waals surface area contributed by atoms with Gasteiger partial charge in [-0.2, -0.15) is 9.78 Å². The van der Waals surface area contributed by atoms with Crippen LogP contribution in [0.1, 0.15) is 10.5 Å². The van der Waals surface area contributed by atoms with Crippen molar-refractivity contribution in [3.8, 4) is 17.0 Å². The molecule has 21 heavy (non-hydrogen) atoms. The fraction of sp³-hybridized carbons (Fsp3) is 0.214. The molecule has 0 unspecified atom stereocenters. The lowest BCUT2D eigenvalue weighted by Gasteiger charge is -2.02. The van der Waals surface area contributed by atoms with Crippen LogP contribution in [0.25, 0.3) is 11.3 Å². The zero-order chi connectivity index (χ0) is 15.4. The van der Waals surface area contributed by atoms with Crippen molar-refractivity contribution in [2.45, 2.75) is 0 Å². The zero-order valence-electron chi connectivity index (χ0n) is 11.8. The van der Waals surface area contributed by atoms with Crippen LogP contribution in [-0.4, -0.2) is 43.2 Å². The number of methoxy groups -OCH3 is 3. The van der Waals surface area contributed by atoms with E-state index in [2.05, 4.69) is 14.6 Å². The molecule has 0 amide bonds. The number of carbonyl (C=O) groups is 2. The first-order valence-corrected chi connectivity index (χ1v) is 6.01. The van der Waals surface area contributed by atoms with Crippen molar-refractivity contribution in [2.24, 2.45) is 0 Å². The molecule has 2 aromatic rings. The van der Waals surface area contributed by atoms with Crippen molar-refractivity contribution < 1.29 is 23.8 Å². The predicted molar refractivity (Wildman–Crippen MR) is 73.4 cm³/mol. The van der Waals surface area contributed by atoms with Crippen LogP contribution in [0, 0.1) is 0 Å². The van der Waals surface area contributed by atoms with E-state index in [1.807, 2.05) is 0 Å². The van der Waals surface area contributed by atoms with Gasteiger partial charge in [-0.1, -0.05) is 0 Å². The Bertz CT molecular complexity index is 627. The predicted octanol–water partition coefficient (Wildman–Crippen LogP) is 1.96. The molecule has 1 aromatic carbocycles. The summed E-state index contributed by atoms with van der Waals surface area (Å²) < 4.78 is 15.2. The molecule has 0 fully saturated rings. The molecule has 2 rings (SSSR count). The first-order valence-electron chi connectivity index (χ1n) is 6.01. The van der Waals surface area contributed by atoms with Crippen LogP contribution in [0.3, 0.4) is 0 Å². The Morgan fingerprint density at radius 1 is 1.05 bits per heavy atom. The standard InChI is InChI=1S/C14H14N2O5/c1-19-10-6-4-9(5-7-10)11-8-12(13(17)20-2)16(15-11)14(18)21-3/h4-8H,1-3H3. The molecule has 110 valence electrons. The van der Waals surface area contributed by atoms with E-state index in [-0.39, 0.29) is 5.69 Å². The van der Waals surface area contributed by atoms with Gasteiger partial charge < -0.3 is 14.2 Å². The van der Waals surface area contributed by atoms with E-state index in [4.69, 9.17) is 4.74 Å². The topological polar surface area (TPSA) is 79.7 Å². The van der Waals surface area contributed by atoms with E-state index in [1.54, 1.807) is 31.4 Å². The van der Waals surface area contributed by atoms with Crippen molar-refractivity contribution in [3.63, 3.8) is 0 Å². The molecule has 0 bridgehead atoms. The van der Waals surface area contributed by atoms with E-state index < -0.39 is 12.1 Å². The number of nitrogens with zero attached hydrogens (tertiary/aromatic N) is 2. The average Bonchev–Trinajstić information content (AvgIpc) is 2.98. The number of hydrogen-bond acceptors (Lipinski definition) is 6. The van der Waals surface area contributed by atoms with Gasteiger partial charge in [0.25, 0.3) is 0 Å². The molecule has 7 nitrogen and oxygen atoms in total. The Labute approximate surface area is 121 Å². The summed E-state index contributed by atoms with van der Waals surface area (Å²) in [6.07, 6.45) is -0.768. The molecular weight excluding hydrogens is 276 g/mol. The summed E-state index contributed by atoms with van der Waals surface area (Å²) in [5, 5.41) is 4.08. The molecule has 0 spiro atoms. The highest BCUT2D eigenvalue weighted by Gasteiger charge is 2.21. The molecule has 0 N–H and O–H groups in total. The summed E-state index contributed by atoms with van der Waals surface area (Å²) in [7, 11) is 4.00. The van der Waals surface area contributed by atoms with Gasteiger partial charge >= 0.3 is 12.1 Å². The Morgan fingerprint density at radius 3 is 2.24 bits per heavy atom. The van der Waals surface area contributed by atoms with E-state index >= 15 is 0 Å². The van der Waals surface area contributed by atoms with E-state index in [0.717, 1.165) is 10.2 Å². The van der Waals surface area contributed by atoms with E-state index in [1.165, 1.54) is 20.3 Å². The lowest BCUT2D eigenvalue weighted by atomic mass is 10.1. The smallest absolute Gasteiger partial charge is 0.435 e. The monoisotopic (exact) mass is 290 g/mol. The molecule has 0 aliphatic carbocycles. The van der Waals surface area contributed by atoms with Crippen LogP contribution in [0.5, 0.6) is 5.75 Å². The molecular formula is C14H14N2O5. The van der Waals surface area contributed by atoms with Crippen LogP contribution in [-0.2, 0) is 9.47 Å². The Morgan fingerprint density at radius 2 is 1.71 bits per heavy atom. The van der Waals surface area contributed by atoms with Crippen molar-refractivity contribution in [3.05, 3.63) is 36.0 Å². The first-order chi connectivity index (χ1) is 10.1. The van der Waals surface area contributed by atoms with Gasteiger partial charge in [0.15, 0.2) is 5.69 Å². The Hall–Kier alpha value is -2.83. The maximum absolute atomic E-state index is 11.7. The van der Waals surface area contributed by atoms with Crippen LogP contribution in [0.2, 0.25) is 0 Å². The summed E-state index contributed by atoms with van der Waals surface area (Å²) in [5.74, 6) is 0.0204. The van der Waals surface area contributed by atoms with Crippen LogP contribution >= 0.6 is 0 Å². The minimum absolute atomic E-state index is 0.00447. The third-order valence-corrected chi connectivity index (χ3v) is 2.84. The molecule has 1 heterocycles. The van der Waals surface area contributed by atoms with Crippen molar-refractivity contribution in [1.29, 1.82) is 0 Å². The second-order valence-corrected chi connectivity index (χ2v) is 4.02. The van der Waals surface area contributed by atoms with Crippen molar-refractivity contribution >= 4 is 12.1 Å². The minimum atomic E-state index is -0.768. The maximum atomic E-state index is 11.7. The molecule has 0 atom stereocenters. The van der Waals surface area contributed by atoms with Crippen molar-refractivity contribution in [1.82, 2.24) is 9.78 Å². The highest BCUT2D eigenvalue weighted by Crippen LogP contribution is 2.22. The molecule has 0 saturated heterocycles. The number of aromatic nitrogens is 2. The lowest BCUT2D eigenvalue weighted by molar-refractivity contribution is 0.0585. The zero-order valence-corrected chi connectivity index (χ0v) is 11.8. The number of esters is 1. The SMILES string of the molecule is COC(=O)c1cc(-c2ccc(OC)cc2)nn1C(=O)OC. The summed E-state index contributed by atoms with van der Waals surface area (Å²) in [6, 6.07) is 8.51. The maximum Gasteiger partial charge on any atom is 0.435 e. The van der Waals surface area contributed by atoms with E-state index in [0.29, 0.717) is 11.4 Å². The van der Waals surface area contributed by atoms with E-state index in [9.17, 15) is 9.59 Å². The third kappa shape index (κ3) is 2.86. The van der Waals surface area contributed by atoms with Gasteiger partial charge in [-0.05, 0) is 30.3 Å². The number of rotatable bonds is 3. The van der Waals surface area contributed by atoms with Gasteiger partial charge in [0.1, 0.15) is 5.75 Å². The quantitative estimate of drug-likeness (QED) is 0.804. The van der Waals surface area contributed by atoms with Crippen LogP contribution in [0.4, 0.5) is 4.79 Å². The average molecular weight is 290 g/mol. The van der Waals surface area contributed by atoms with Gasteiger partial charge in [0.05, 0.1) is 27.0 Å². The van der Waals surface area contributed by atoms with Gasteiger partial charge in [0.2, 0.25) is 0 Å². The fourth-order valence-electron chi connectivity index (χ4n) is 1.76. The molecule has 7 heteroatoms. The third-order valence-electron chi connectivity index (χ3n) is 2.84. The van der Waals surface area contributed by atoms with Crippen LogP contribution < -0.4 is 4.74 Å². The molecule has 0 radical (unpaired) electrons. The van der Waals surface area contributed by atoms with Crippen molar-refractivity contribution in [2.75, 3.05) is 21.3 Å². The van der Waals surface area contributed by atoms with Gasteiger partial charge in [-0.15, -0.1) is 0 Å². The summed E-state index contributed by atoms with van der Waals surface area (Å²) in [5.41, 5.74) is 1.17. The first kappa shape index (κ1) is 14.6. The lowest BCUT2D eigenvalue weighted by Crippen LogP contribution is -2.19. The largest absolute Gasteiger partial charge is 0.497 e. The second-order valence-electron chi connectivity index (χ2n) is 4.02. The highest BCUT2D eigenvalue weighted by molar-refractivity contribution is 5.92. The van der Waals surface area contributed by atoms with Gasteiger partial charge in [-0.3, -0.25) is 0 Å². The van der Waals surface area contributed by atoms with Gasteiger partial charge in [-0.25, -0.2) is 9.59 Å².